The molecule has 4 rings (SSSR count). The van der Waals surface area contributed by atoms with E-state index in [1.54, 1.807) is 0 Å². The van der Waals surface area contributed by atoms with Crippen LogP contribution < -0.4 is 11.1 Å². The van der Waals surface area contributed by atoms with Crippen molar-refractivity contribution in [1.29, 1.82) is 0 Å². The van der Waals surface area contributed by atoms with Crippen molar-refractivity contribution in [1.82, 2.24) is 5.32 Å². The van der Waals surface area contributed by atoms with Gasteiger partial charge in [-0.2, -0.15) is 0 Å². The molecular formula is C14H24N2O. The van der Waals surface area contributed by atoms with E-state index in [1.807, 2.05) is 6.92 Å². The molecule has 0 unspecified atom stereocenters. The van der Waals surface area contributed by atoms with Gasteiger partial charge in [0.15, 0.2) is 0 Å². The molecule has 0 heterocycles. The van der Waals surface area contributed by atoms with Gasteiger partial charge in [-0.05, 0) is 62.2 Å². The lowest BCUT2D eigenvalue weighted by molar-refractivity contribution is -0.126. The summed E-state index contributed by atoms with van der Waals surface area (Å²) in [7, 11) is 0. The maximum atomic E-state index is 11.9. The highest BCUT2D eigenvalue weighted by atomic mass is 16.2. The zero-order valence-electron chi connectivity index (χ0n) is 10.7. The van der Waals surface area contributed by atoms with Gasteiger partial charge < -0.3 is 11.1 Å². The first-order valence-corrected chi connectivity index (χ1v) is 7.23. The Labute approximate surface area is 104 Å². The second kappa shape index (κ2) is 4.27. The highest BCUT2D eigenvalue weighted by molar-refractivity contribution is 5.81. The average molecular weight is 236 g/mol. The molecule has 1 atom stereocenters. The molecule has 4 fully saturated rings. The summed E-state index contributed by atoms with van der Waals surface area (Å²) in [6, 6.07) is 0.125. The van der Waals surface area contributed by atoms with E-state index in [-0.39, 0.29) is 11.9 Å². The van der Waals surface area contributed by atoms with Crippen LogP contribution in [0.1, 0.15) is 45.4 Å². The minimum absolute atomic E-state index is 0.0740. The van der Waals surface area contributed by atoms with Gasteiger partial charge >= 0.3 is 0 Å². The molecule has 4 aliphatic rings. The Balaban J connectivity index is 1.66. The summed E-state index contributed by atoms with van der Waals surface area (Å²) in [6.07, 6.45) is 7.58. The summed E-state index contributed by atoms with van der Waals surface area (Å²) < 4.78 is 0. The second-order valence-electron chi connectivity index (χ2n) is 6.48. The standard InChI is InChI=1S/C14H24N2O/c1-2-12(15)14(17)16-13-10-4-8-3-9(6-10)7-11(13)5-8/h8-13H,2-7,15H2,1H3,(H,16,17)/t8?,9?,10?,11?,12-,13?/m1/s1. The number of nitrogens with one attached hydrogen (secondary N) is 1. The summed E-state index contributed by atoms with van der Waals surface area (Å²) >= 11 is 0. The number of carbonyl (C=O) groups is 1. The van der Waals surface area contributed by atoms with Gasteiger partial charge in [0.1, 0.15) is 0 Å². The predicted molar refractivity (Wildman–Crippen MR) is 67.2 cm³/mol. The van der Waals surface area contributed by atoms with E-state index in [9.17, 15) is 4.79 Å². The molecule has 3 N–H and O–H groups in total. The first-order chi connectivity index (χ1) is 8.17. The fourth-order valence-corrected chi connectivity index (χ4v) is 4.62. The fourth-order valence-electron chi connectivity index (χ4n) is 4.62. The molecule has 0 radical (unpaired) electrons. The van der Waals surface area contributed by atoms with Crippen molar-refractivity contribution >= 4 is 5.91 Å². The quantitative estimate of drug-likeness (QED) is 0.783. The van der Waals surface area contributed by atoms with Gasteiger partial charge in [-0.1, -0.05) is 6.92 Å². The number of nitrogens with two attached hydrogens (primary N) is 1. The molecule has 0 spiro atoms. The third-order valence-electron chi connectivity index (χ3n) is 5.31. The molecule has 4 bridgehead atoms. The van der Waals surface area contributed by atoms with E-state index in [1.165, 1.54) is 32.1 Å². The number of rotatable bonds is 3. The number of amides is 1. The molecule has 0 aromatic rings. The fraction of sp³-hybridized carbons (Fsp3) is 0.929. The van der Waals surface area contributed by atoms with Crippen LogP contribution in [-0.4, -0.2) is 18.0 Å². The third kappa shape index (κ3) is 1.99. The molecule has 17 heavy (non-hydrogen) atoms. The van der Waals surface area contributed by atoms with Gasteiger partial charge in [-0.25, -0.2) is 0 Å². The van der Waals surface area contributed by atoms with Gasteiger partial charge in [0.25, 0.3) is 0 Å². The molecule has 3 nitrogen and oxygen atoms in total. The van der Waals surface area contributed by atoms with Crippen molar-refractivity contribution in [3.05, 3.63) is 0 Å². The van der Waals surface area contributed by atoms with Gasteiger partial charge in [0.2, 0.25) is 5.91 Å². The molecular weight excluding hydrogens is 212 g/mol. The lowest BCUT2D eigenvalue weighted by Crippen LogP contribution is -2.58. The predicted octanol–water partition coefficient (Wildman–Crippen LogP) is 1.66. The molecule has 0 saturated heterocycles. The minimum atomic E-state index is -0.313. The normalized spacial score (nSPS) is 44.7. The lowest BCUT2D eigenvalue weighted by atomic mass is 9.54. The zero-order valence-corrected chi connectivity index (χ0v) is 10.7. The van der Waals surface area contributed by atoms with Crippen LogP contribution in [0.25, 0.3) is 0 Å². The Hall–Kier alpha value is -0.570. The molecule has 96 valence electrons. The molecule has 0 aromatic carbocycles. The van der Waals surface area contributed by atoms with Crippen LogP contribution in [0.3, 0.4) is 0 Å². The number of hydrogen-bond donors (Lipinski definition) is 2. The van der Waals surface area contributed by atoms with Crippen LogP contribution in [0.2, 0.25) is 0 Å². The summed E-state index contributed by atoms with van der Waals surface area (Å²) in [6.45, 7) is 1.97. The monoisotopic (exact) mass is 236 g/mol. The highest BCUT2D eigenvalue weighted by Gasteiger charge is 2.48. The second-order valence-corrected chi connectivity index (χ2v) is 6.48. The number of hydrogen-bond acceptors (Lipinski definition) is 2. The van der Waals surface area contributed by atoms with E-state index in [2.05, 4.69) is 5.32 Å². The maximum absolute atomic E-state index is 11.9. The Bertz CT molecular complexity index is 287. The molecule has 3 heteroatoms. The SMILES string of the molecule is CC[C@@H](N)C(=O)NC1C2CC3CC(C2)CC1C3. The molecule has 4 saturated carbocycles. The van der Waals surface area contributed by atoms with Crippen LogP contribution in [0.4, 0.5) is 0 Å². The smallest absolute Gasteiger partial charge is 0.237 e. The molecule has 0 aromatic heterocycles. The molecule has 4 aliphatic carbocycles. The zero-order chi connectivity index (χ0) is 12.0. The van der Waals surface area contributed by atoms with Crippen LogP contribution >= 0.6 is 0 Å². The summed E-state index contributed by atoms with van der Waals surface area (Å²) in [5.74, 6) is 3.50. The maximum Gasteiger partial charge on any atom is 0.237 e. The van der Waals surface area contributed by atoms with E-state index in [4.69, 9.17) is 5.73 Å². The minimum Gasteiger partial charge on any atom is -0.351 e. The number of carbonyl (C=O) groups excluding carboxylic acids is 1. The first-order valence-electron chi connectivity index (χ1n) is 7.23. The largest absolute Gasteiger partial charge is 0.351 e. The van der Waals surface area contributed by atoms with Crippen LogP contribution in [0, 0.1) is 23.7 Å². The summed E-state index contributed by atoms with van der Waals surface area (Å²) in [5, 5.41) is 3.25. The topological polar surface area (TPSA) is 55.1 Å². The van der Waals surface area contributed by atoms with Gasteiger partial charge in [-0.3, -0.25) is 4.79 Å². The third-order valence-corrected chi connectivity index (χ3v) is 5.31. The van der Waals surface area contributed by atoms with E-state index < -0.39 is 0 Å². The van der Waals surface area contributed by atoms with Crippen molar-refractivity contribution in [2.45, 2.75) is 57.5 Å². The Morgan fingerprint density at radius 3 is 2.18 bits per heavy atom. The van der Waals surface area contributed by atoms with E-state index in [0.29, 0.717) is 6.04 Å². The van der Waals surface area contributed by atoms with Gasteiger partial charge in [-0.15, -0.1) is 0 Å². The molecule has 0 aliphatic heterocycles. The van der Waals surface area contributed by atoms with Crippen molar-refractivity contribution < 1.29 is 4.79 Å². The van der Waals surface area contributed by atoms with Crippen LogP contribution in [-0.2, 0) is 4.79 Å². The van der Waals surface area contributed by atoms with Crippen molar-refractivity contribution in [2.24, 2.45) is 29.4 Å². The van der Waals surface area contributed by atoms with Crippen LogP contribution in [0.5, 0.6) is 0 Å². The molecule has 1 amide bonds. The lowest BCUT2D eigenvalue weighted by Gasteiger charge is -2.54. The van der Waals surface area contributed by atoms with E-state index in [0.717, 1.165) is 30.1 Å². The Kier molecular flexibility index (Phi) is 2.89. The Morgan fingerprint density at radius 1 is 1.18 bits per heavy atom. The van der Waals surface area contributed by atoms with Gasteiger partial charge in [0, 0.05) is 6.04 Å². The van der Waals surface area contributed by atoms with Crippen LogP contribution in [0.15, 0.2) is 0 Å². The summed E-state index contributed by atoms with van der Waals surface area (Å²) in [4.78, 5) is 11.9. The highest BCUT2D eigenvalue weighted by Crippen LogP contribution is 2.53. The van der Waals surface area contributed by atoms with E-state index >= 15 is 0 Å². The van der Waals surface area contributed by atoms with Crippen molar-refractivity contribution in [3.8, 4) is 0 Å². The van der Waals surface area contributed by atoms with Crippen molar-refractivity contribution in [3.63, 3.8) is 0 Å². The van der Waals surface area contributed by atoms with Crippen molar-refractivity contribution in [2.75, 3.05) is 0 Å². The first kappa shape index (κ1) is 11.5. The van der Waals surface area contributed by atoms with Gasteiger partial charge in [0.05, 0.1) is 6.04 Å². The Morgan fingerprint density at radius 2 is 1.71 bits per heavy atom. The summed E-state index contributed by atoms with van der Waals surface area (Å²) in [5.41, 5.74) is 5.81. The average Bonchev–Trinajstić information content (AvgIpc) is 2.31.